The van der Waals surface area contributed by atoms with Gasteiger partial charge in [-0.05, 0) is 38.4 Å². The van der Waals surface area contributed by atoms with Crippen LogP contribution in [0.1, 0.15) is 44.2 Å². The van der Waals surface area contributed by atoms with Gasteiger partial charge in [0, 0.05) is 30.8 Å². The van der Waals surface area contributed by atoms with Crippen molar-refractivity contribution in [3.8, 4) is 0 Å². The predicted molar refractivity (Wildman–Crippen MR) is 84.4 cm³/mol. The van der Waals surface area contributed by atoms with Crippen LogP contribution in [0.5, 0.6) is 0 Å². The third-order valence-corrected chi connectivity index (χ3v) is 4.41. The first-order chi connectivity index (χ1) is 10.1. The lowest BCUT2D eigenvalue weighted by Gasteiger charge is -2.33. The molecule has 116 valence electrons. The molecule has 5 heteroatoms. The summed E-state index contributed by atoms with van der Waals surface area (Å²) in [4.78, 5) is 13.0. The van der Waals surface area contributed by atoms with Crippen molar-refractivity contribution in [1.82, 2.24) is 10.2 Å². The van der Waals surface area contributed by atoms with E-state index in [0.717, 1.165) is 18.5 Å². The average molecular weight is 291 g/mol. The summed E-state index contributed by atoms with van der Waals surface area (Å²) >= 11 is 0. The Morgan fingerprint density at radius 1 is 1.48 bits per heavy atom. The maximum Gasteiger partial charge on any atom is 0.269 e. The van der Waals surface area contributed by atoms with E-state index in [1.165, 1.54) is 25.8 Å². The van der Waals surface area contributed by atoms with Gasteiger partial charge < -0.3 is 10.2 Å². The minimum Gasteiger partial charge on any atom is -0.308 e. The van der Waals surface area contributed by atoms with E-state index in [2.05, 4.69) is 24.2 Å². The van der Waals surface area contributed by atoms with Crippen molar-refractivity contribution in [2.24, 2.45) is 0 Å². The number of hydrogen-bond acceptors (Lipinski definition) is 4. The molecule has 1 saturated heterocycles. The third kappa shape index (κ3) is 4.25. The molecule has 0 saturated carbocycles. The molecule has 1 aliphatic rings. The fourth-order valence-electron chi connectivity index (χ4n) is 3.03. The third-order valence-electron chi connectivity index (χ3n) is 4.41. The summed E-state index contributed by atoms with van der Waals surface area (Å²) < 4.78 is 0. The largest absolute Gasteiger partial charge is 0.308 e. The van der Waals surface area contributed by atoms with E-state index in [-0.39, 0.29) is 16.7 Å². The number of nitro groups is 1. The fraction of sp³-hybridized carbons (Fsp3) is 0.625. The van der Waals surface area contributed by atoms with Crippen molar-refractivity contribution in [2.75, 3.05) is 20.1 Å². The number of nitro benzene ring substituents is 1. The molecule has 0 bridgehead atoms. The van der Waals surface area contributed by atoms with Gasteiger partial charge in [0.1, 0.15) is 0 Å². The highest BCUT2D eigenvalue weighted by atomic mass is 16.6. The van der Waals surface area contributed by atoms with Gasteiger partial charge in [-0.25, -0.2) is 0 Å². The van der Waals surface area contributed by atoms with Crippen LogP contribution >= 0.6 is 0 Å². The lowest BCUT2D eigenvalue weighted by atomic mass is 10.0. The molecule has 0 radical (unpaired) electrons. The summed E-state index contributed by atoms with van der Waals surface area (Å²) in [6.45, 7) is 4.22. The van der Waals surface area contributed by atoms with E-state index in [4.69, 9.17) is 0 Å². The van der Waals surface area contributed by atoms with Gasteiger partial charge in [0.25, 0.3) is 5.69 Å². The van der Waals surface area contributed by atoms with Crippen LogP contribution in [0.25, 0.3) is 0 Å². The molecule has 1 aliphatic heterocycles. The molecule has 0 spiro atoms. The topological polar surface area (TPSA) is 58.4 Å². The molecular weight excluding hydrogens is 266 g/mol. The zero-order chi connectivity index (χ0) is 15.2. The van der Waals surface area contributed by atoms with E-state index < -0.39 is 0 Å². The normalized spacial score (nSPS) is 21.1. The molecule has 2 rings (SSSR count). The number of benzene rings is 1. The average Bonchev–Trinajstić information content (AvgIpc) is 2.50. The van der Waals surface area contributed by atoms with Crippen molar-refractivity contribution in [2.45, 2.75) is 44.7 Å². The summed E-state index contributed by atoms with van der Waals surface area (Å²) in [5, 5.41) is 14.5. The van der Waals surface area contributed by atoms with E-state index in [1.54, 1.807) is 18.2 Å². The van der Waals surface area contributed by atoms with Crippen LogP contribution in [0.15, 0.2) is 24.3 Å². The van der Waals surface area contributed by atoms with Crippen LogP contribution in [0.2, 0.25) is 0 Å². The first kappa shape index (κ1) is 15.9. The van der Waals surface area contributed by atoms with E-state index in [9.17, 15) is 10.1 Å². The lowest BCUT2D eigenvalue weighted by molar-refractivity contribution is -0.384. The van der Waals surface area contributed by atoms with Crippen LogP contribution in [0.4, 0.5) is 5.69 Å². The molecule has 21 heavy (non-hydrogen) atoms. The first-order valence-corrected chi connectivity index (χ1v) is 7.79. The Labute approximate surface area is 126 Å². The van der Waals surface area contributed by atoms with Gasteiger partial charge in [0.15, 0.2) is 0 Å². The van der Waals surface area contributed by atoms with Crippen molar-refractivity contribution in [3.05, 3.63) is 39.9 Å². The number of piperidine rings is 1. The van der Waals surface area contributed by atoms with Crippen LogP contribution in [0.3, 0.4) is 0 Å². The van der Waals surface area contributed by atoms with Crippen LogP contribution in [-0.4, -0.2) is 36.0 Å². The Balaban J connectivity index is 1.99. The fourth-order valence-corrected chi connectivity index (χ4v) is 3.03. The molecule has 0 aromatic heterocycles. The zero-order valence-electron chi connectivity index (χ0n) is 12.9. The Kier molecular flexibility index (Phi) is 5.70. The first-order valence-electron chi connectivity index (χ1n) is 7.79. The summed E-state index contributed by atoms with van der Waals surface area (Å²) in [6.07, 6.45) is 4.74. The van der Waals surface area contributed by atoms with Gasteiger partial charge in [-0.15, -0.1) is 0 Å². The monoisotopic (exact) mass is 291 g/mol. The lowest BCUT2D eigenvalue weighted by Crippen LogP contribution is -2.43. The minimum absolute atomic E-state index is 0.169. The SMILES string of the molecule is CCC(NCC1CCCCN1C)c1cccc([N+](=O)[O-])c1. The van der Waals surface area contributed by atoms with Gasteiger partial charge in [0.05, 0.1) is 4.92 Å². The van der Waals surface area contributed by atoms with Gasteiger partial charge in [0.2, 0.25) is 0 Å². The van der Waals surface area contributed by atoms with Crippen molar-refractivity contribution >= 4 is 5.69 Å². The smallest absolute Gasteiger partial charge is 0.269 e. The maximum absolute atomic E-state index is 10.9. The number of likely N-dealkylation sites (N-methyl/N-ethyl adjacent to an activating group) is 1. The molecule has 1 N–H and O–H groups in total. The van der Waals surface area contributed by atoms with Crippen molar-refractivity contribution in [1.29, 1.82) is 0 Å². The summed E-state index contributed by atoms with van der Waals surface area (Å²) in [6, 6.07) is 7.73. The molecule has 0 amide bonds. The Bertz CT molecular complexity index is 478. The van der Waals surface area contributed by atoms with Gasteiger partial charge in [-0.2, -0.15) is 0 Å². The standard InChI is InChI=1S/C16H25N3O2/c1-3-16(13-7-6-9-14(11-13)19(20)21)17-12-15-8-4-5-10-18(15)2/h6-7,9,11,15-17H,3-5,8,10,12H2,1-2H3. The van der Waals surface area contributed by atoms with Gasteiger partial charge in [-0.3, -0.25) is 10.1 Å². The van der Waals surface area contributed by atoms with E-state index in [0.29, 0.717) is 6.04 Å². The second kappa shape index (κ2) is 7.52. The molecular formula is C16H25N3O2. The predicted octanol–water partition coefficient (Wildman–Crippen LogP) is 3.12. The Hall–Kier alpha value is -1.46. The highest BCUT2D eigenvalue weighted by Crippen LogP contribution is 2.22. The maximum atomic E-state index is 10.9. The summed E-state index contributed by atoms with van der Waals surface area (Å²) in [5.74, 6) is 0. The molecule has 2 unspecified atom stereocenters. The van der Waals surface area contributed by atoms with E-state index in [1.807, 2.05) is 6.07 Å². The van der Waals surface area contributed by atoms with Crippen molar-refractivity contribution in [3.63, 3.8) is 0 Å². The van der Waals surface area contributed by atoms with Gasteiger partial charge >= 0.3 is 0 Å². The molecule has 5 nitrogen and oxygen atoms in total. The number of non-ortho nitro benzene ring substituents is 1. The summed E-state index contributed by atoms with van der Waals surface area (Å²) in [7, 11) is 2.18. The molecule has 1 aromatic rings. The van der Waals surface area contributed by atoms with E-state index >= 15 is 0 Å². The second-order valence-electron chi connectivity index (χ2n) is 5.85. The zero-order valence-corrected chi connectivity index (χ0v) is 12.9. The minimum atomic E-state index is -0.328. The number of likely N-dealkylation sites (tertiary alicyclic amines) is 1. The molecule has 2 atom stereocenters. The molecule has 1 fully saturated rings. The van der Waals surface area contributed by atoms with Crippen LogP contribution < -0.4 is 5.32 Å². The van der Waals surface area contributed by atoms with Crippen LogP contribution in [0, 0.1) is 10.1 Å². The van der Waals surface area contributed by atoms with Crippen molar-refractivity contribution < 1.29 is 4.92 Å². The number of nitrogens with one attached hydrogen (secondary N) is 1. The summed E-state index contributed by atoms with van der Waals surface area (Å²) in [5.41, 5.74) is 1.17. The highest BCUT2D eigenvalue weighted by Gasteiger charge is 2.20. The van der Waals surface area contributed by atoms with Crippen LogP contribution in [-0.2, 0) is 0 Å². The van der Waals surface area contributed by atoms with Gasteiger partial charge in [-0.1, -0.05) is 25.5 Å². The molecule has 0 aliphatic carbocycles. The number of rotatable bonds is 6. The second-order valence-corrected chi connectivity index (χ2v) is 5.85. The number of hydrogen-bond donors (Lipinski definition) is 1. The number of nitrogens with zero attached hydrogens (tertiary/aromatic N) is 2. The quantitative estimate of drug-likeness (QED) is 0.646. The molecule has 1 aromatic carbocycles. The highest BCUT2D eigenvalue weighted by molar-refractivity contribution is 5.35. The molecule has 1 heterocycles. The Morgan fingerprint density at radius 2 is 2.29 bits per heavy atom. The Morgan fingerprint density at radius 3 is 2.95 bits per heavy atom.